The van der Waals surface area contributed by atoms with Crippen LogP contribution in [0.4, 0.5) is 17.1 Å². The highest BCUT2D eigenvalue weighted by Gasteiger charge is 2.50. The standard InChI is InChI=1S/C28H33N3O3/c1-8-33-26-18-22(31(6)7)14-16-25(26)28(19-9-11-20(12-10-19)29(2)3)24-15-13-21(30(4)5)17-23(24)27(32)34-28/h9-18H,8H2,1-7H3. The van der Waals surface area contributed by atoms with Gasteiger partial charge in [0.05, 0.1) is 12.2 Å². The van der Waals surface area contributed by atoms with Crippen LogP contribution in [0.15, 0.2) is 60.7 Å². The number of hydrogen-bond donors (Lipinski definition) is 0. The first-order valence-electron chi connectivity index (χ1n) is 11.5. The van der Waals surface area contributed by atoms with E-state index in [0.29, 0.717) is 17.9 Å². The largest absolute Gasteiger partial charge is 0.493 e. The number of carbonyl (C=O) groups is 1. The van der Waals surface area contributed by atoms with Crippen molar-refractivity contribution >= 4 is 23.0 Å². The van der Waals surface area contributed by atoms with Crippen LogP contribution >= 0.6 is 0 Å². The number of esters is 1. The van der Waals surface area contributed by atoms with Crippen molar-refractivity contribution in [2.45, 2.75) is 12.5 Å². The number of fused-ring (bicyclic) bond motifs is 1. The third-order valence-electron chi connectivity index (χ3n) is 6.32. The highest BCUT2D eigenvalue weighted by molar-refractivity contribution is 5.97. The molecule has 0 aromatic heterocycles. The van der Waals surface area contributed by atoms with E-state index in [9.17, 15) is 4.79 Å². The Morgan fingerprint density at radius 2 is 1.26 bits per heavy atom. The number of rotatable bonds is 7. The van der Waals surface area contributed by atoms with Gasteiger partial charge in [-0.25, -0.2) is 4.79 Å². The van der Waals surface area contributed by atoms with E-state index in [1.165, 1.54) is 0 Å². The summed E-state index contributed by atoms with van der Waals surface area (Å²) in [5, 5.41) is 0. The van der Waals surface area contributed by atoms with Gasteiger partial charge in [0.1, 0.15) is 5.75 Å². The smallest absolute Gasteiger partial charge is 0.340 e. The van der Waals surface area contributed by atoms with Crippen molar-refractivity contribution in [2.75, 3.05) is 63.6 Å². The fourth-order valence-corrected chi connectivity index (χ4v) is 4.45. The van der Waals surface area contributed by atoms with Crippen molar-refractivity contribution in [1.82, 2.24) is 0 Å². The maximum atomic E-state index is 13.3. The second-order valence-electron chi connectivity index (χ2n) is 9.14. The molecule has 1 heterocycles. The third-order valence-corrected chi connectivity index (χ3v) is 6.32. The maximum Gasteiger partial charge on any atom is 0.340 e. The Bertz CT molecular complexity index is 1200. The van der Waals surface area contributed by atoms with E-state index in [1.807, 2.05) is 125 Å². The predicted octanol–water partition coefficient (Wildman–Crippen LogP) is 4.75. The molecule has 0 bridgehead atoms. The van der Waals surface area contributed by atoms with Gasteiger partial charge in [-0.05, 0) is 43.3 Å². The van der Waals surface area contributed by atoms with E-state index in [0.717, 1.165) is 33.8 Å². The van der Waals surface area contributed by atoms with Crippen LogP contribution in [0.3, 0.4) is 0 Å². The lowest BCUT2D eigenvalue weighted by atomic mass is 9.79. The molecule has 1 aliphatic rings. The molecule has 3 aromatic rings. The number of ether oxygens (including phenoxy) is 2. The van der Waals surface area contributed by atoms with Gasteiger partial charge in [0.25, 0.3) is 0 Å². The molecule has 0 amide bonds. The molecule has 0 radical (unpaired) electrons. The van der Waals surface area contributed by atoms with Crippen LogP contribution in [0.5, 0.6) is 5.75 Å². The van der Waals surface area contributed by atoms with E-state index < -0.39 is 5.60 Å². The maximum absolute atomic E-state index is 13.3. The topological polar surface area (TPSA) is 45.3 Å². The van der Waals surface area contributed by atoms with Crippen LogP contribution in [0.25, 0.3) is 0 Å². The monoisotopic (exact) mass is 459 g/mol. The molecule has 3 aromatic carbocycles. The highest BCUT2D eigenvalue weighted by Crippen LogP contribution is 2.51. The summed E-state index contributed by atoms with van der Waals surface area (Å²) in [6.45, 7) is 2.46. The second kappa shape index (κ2) is 8.93. The van der Waals surface area contributed by atoms with E-state index in [1.54, 1.807) is 0 Å². The van der Waals surface area contributed by atoms with Gasteiger partial charge in [-0.3, -0.25) is 0 Å². The molecule has 1 unspecified atom stereocenters. The average molecular weight is 460 g/mol. The molecule has 0 saturated heterocycles. The molecular formula is C28H33N3O3. The van der Waals surface area contributed by atoms with E-state index in [4.69, 9.17) is 9.47 Å². The van der Waals surface area contributed by atoms with Crippen LogP contribution in [0, 0.1) is 0 Å². The summed E-state index contributed by atoms with van der Waals surface area (Å²) < 4.78 is 12.5. The summed E-state index contributed by atoms with van der Waals surface area (Å²) in [6.07, 6.45) is 0. The Kier molecular flexibility index (Phi) is 6.17. The lowest BCUT2D eigenvalue weighted by molar-refractivity contribution is 0.0244. The summed E-state index contributed by atoms with van der Waals surface area (Å²) in [6, 6.07) is 20.2. The van der Waals surface area contributed by atoms with Crippen molar-refractivity contribution in [3.63, 3.8) is 0 Å². The molecule has 6 nitrogen and oxygen atoms in total. The van der Waals surface area contributed by atoms with E-state index in [2.05, 4.69) is 0 Å². The van der Waals surface area contributed by atoms with Gasteiger partial charge in [-0.15, -0.1) is 0 Å². The Labute approximate surface area is 202 Å². The first kappa shape index (κ1) is 23.5. The van der Waals surface area contributed by atoms with E-state index >= 15 is 0 Å². The number of cyclic esters (lactones) is 1. The summed E-state index contributed by atoms with van der Waals surface area (Å²) >= 11 is 0. The predicted molar refractivity (Wildman–Crippen MR) is 139 cm³/mol. The van der Waals surface area contributed by atoms with Crippen molar-refractivity contribution in [2.24, 2.45) is 0 Å². The minimum absolute atomic E-state index is 0.338. The molecule has 0 spiro atoms. The lowest BCUT2D eigenvalue weighted by Gasteiger charge is -2.32. The quantitative estimate of drug-likeness (QED) is 0.476. The fourth-order valence-electron chi connectivity index (χ4n) is 4.45. The second-order valence-corrected chi connectivity index (χ2v) is 9.14. The zero-order chi connectivity index (χ0) is 24.6. The number of hydrogen-bond acceptors (Lipinski definition) is 6. The molecule has 0 fully saturated rings. The molecule has 0 saturated carbocycles. The minimum atomic E-state index is -1.11. The number of carbonyl (C=O) groups excluding carboxylic acids is 1. The molecule has 0 N–H and O–H groups in total. The van der Waals surface area contributed by atoms with Gasteiger partial charge in [0.2, 0.25) is 0 Å². The summed E-state index contributed by atoms with van der Waals surface area (Å²) in [4.78, 5) is 19.4. The zero-order valence-corrected chi connectivity index (χ0v) is 21.0. The molecule has 6 heteroatoms. The van der Waals surface area contributed by atoms with Gasteiger partial charge < -0.3 is 24.2 Å². The average Bonchev–Trinajstić information content (AvgIpc) is 3.11. The lowest BCUT2D eigenvalue weighted by Crippen LogP contribution is -2.30. The van der Waals surface area contributed by atoms with Crippen molar-refractivity contribution < 1.29 is 14.3 Å². The minimum Gasteiger partial charge on any atom is -0.493 e. The fraction of sp³-hybridized carbons (Fsp3) is 0.321. The Hall–Kier alpha value is -3.67. The molecule has 1 atom stereocenters. The van der Waals surface area contributed by atoms with Gasteiger partial charge in [0.15, 0.2) is 5.60 Å². The normalized spacial score (nSPS) is 16.6. The van der Waals surface area contributed by atoms with E-state index in [-0.39, 0.29) is 5.97 Å². The Morgan fingerprint density at radius 1 is 0.735 bits per heavy atom. The number of benzene rings is 3. The summed E-state index contributed by atoms with van der Waals surface area (Å²) in [7, 11) is 11.9. The van der Waals surface area contributed by atoms with Crippen LogP contribution in [-0.2, 0) is 10.3 Å². The SMILES string of the molecule is CCOc1cc(N(C)C)ccc1C1(c2ccc(N(C)C)cc2)OC(=O)c2cc(N(C)C)ccc21. The Morgan fingerprint density at radius 3 is 1.82 bits per heavy atom. The van der Waals surface area contributed by atoms with Crippen LogP contribution in [0.1, 0.15) is 34.0 Å². The van der Waals surface area contributed by atoms with Gasteiger partial charge >= 0.3 is 5.97 Å². The zero-order valence-electron chi connectivity index (χ0n) is 21.0. The molecule has 1 aliphatic heterocycles. The molecule has 4 rings (SSSR count). The first-order chi connectivity index (χ1) is 16.2. The molecular weight excluding hydrogens is 426 g/mol. The van der Waals surface area contributed by atoms with Crippen molar-refractivity contribution in [1.29, 1.82) is 0 Å². The summed E-state index contributed by atoms with van der Waals surface area (Å²) in [5.74, 6) is 0.359. The number of anilines is 3. The van der Waals surface area contributed by atoms with Gasteiger partial charge in [0, 0.05) is 82.1 Å². The molecule has 34 heavy (non-hydrogen) atoms. The third kappa shape index (κ3) is 3.83. The van der Waals surface area contributed by atoms with Crippen LogP contribution < -0.4 is 19.4 Å². The molecule has 178 valence electrons. The molecule has 0 aliphatic carbocycles. The summed E-state index contributed by atoms with van der Waals surface area (Å²) in [5.41, 5.74) is 4.99. The first-order valence-corrected chi connectivity index (χ1v) is 11.5. The van der Waals surface area contributed by atoms with Crippen molar-refractivity contribution in [3.8, 4) is 5.75 Å². The number of nitrogens with zero attached hydrogens (tertiary/aromatic N) is 3. The van der Waals surface area contributed by atoms with Crippen LogP contribution in [-0.4, -0.2) is 54.9 Å². The van der Waals surface area contributed by atoms with Gasteiger partial charge in [-0.1, -0.05) is 18.2 Å². The Balaban J connectivity index is 2.02. The van der Waals surface area contributed by atoms with Gasteiger partial charge in [-0.2, -0.15) is 0 Å². The van der Waals surface area contributed by atoms with Crippen molar-refractivity contribution in [3.05, 3.63) is 82.9 Å². The highest BCUT2D eigenvalue weighted by atomic mass is 16.6. The van der Waals surface area contributed by atoms with Crippen LogP contribution in [0.2, 0.25) is 0 Å².